The van der Waals surface area contributed by atoms with Crippen molar-refractivity contribution in [3.05, 3.63) is 0 Å². The van der Waals surface area contributed by atoms with E-state index in [0.29, 0.717) is 89.5 Å². The molecule has 0 aromatic carbocycles. The summed E-state index contributed by atoms with van der Waals surface area (Å²) in [5, 5.41) is 0. The molecule has 4 atom stereocenters. The normalized spacial score (nSPS) is 16.4. The summed E-state index contributed by atoms with van der Waals surface area (Å²) in [6.07, 6.45) is 26.0. The van der Waals surface area contributed by atoms with Crippen molar-refractivity contribution in [3.8, 4) is 0 Å². The van der Waals surface area contributed by atoms with E-state index in [9.17, 15) is 28.8 Å². The van der Waals surface area contributed by atoms with Gasteiger partial charge in [0, 0.05) is 38.5 Å². The van der Waals surface area contributed by atoms with Gasteiger partial charge in [0.25, 0.3) is 0 Å². The molecule has 0 aromatic rings. The molecule has 0 aromatic heterocycles. The largest absolute Gasteiger partial charge is 0.466 e. The molecular formula is C61H112N2O13. The standard InChI is InChI=1S/C61H112N2O13/c1-9-13-23-33-50(34-24-14-10-2)43-47-70-53(64)37-27-19-17-21-29-39-56(67)74-59-52(49-72-55(66)41-31-45-62(5)6)73-61(76-58(69)42-32-46-63(7)8)60(59)75-57(68)40-30-22-18-20-28-38-54(65)71-48-44-51(35-25-15-11-3)36-26-16-12-4/h50-52,59-61H,9-49H2,1-8H3/t52-,59+,60?,61+/m1/s1. The van der Waals surface area contributed by atoms with E-state index in [0.717, 1.165) is 51.4 Å². The number of carbonyl (C=O) groups is 6. The molecule has 0 spiro atoms. The highest BCUT2D eigenvalue weighted by Gasteiger charge is 2.52. The molecular weight excluding hydrogens is 969 g/mol. The molecule has 0 bridgehead atoms. The van der Waals surface area contributed by atoms with Crippen LogP contribution in [0.1, 0.15) is 259 Å². The molecule has 0 N–H and O–H groups in total. The fraction of sp³-hybridized carbons (Fsp3) is 0.902. The molecule has 1 rings (SSSR count). The first-order valence-electron chi connectivity index (χ1n) is 30.7. The van der Waals surface area contributed by atoms with Gasteiger partial charge >= 0.3 is 35.8 Å². The predicted molar refractivity (Wildman–Crippen MR) is 300 cm³/mol. The minimum atomic E-state index is -1.39. The monoisotopic (exact) mass is 1080 g/mol. The summed E-state index contributed by atoms with van der Waals surface area (Å²) in [6, 6.07) is 0. The number of carbonyl (C=O) groups excluding carboxylic acids is 6. The zero-order valence-electron chi connectivity index (χ0n) is 49.7. The molecule has 0 saturated carbocycles. The molecule has 1 heterocycles. The Morgan fingerprint density at radius 1 is 0.368 bits per heavy atom. The number of rotatable bonds is 51. The fourth-order valence-corrected chi connectivity index (χ4v) is 9.68. The zero-order chi connectivity index (χ0) is 56.0. The summed E-state index contributed by atoms with van der Waals surface area (Å²) in [7, 11) is 7.65. The van der Waals surface area contributed by atoms with E-state index in [4.69, 9.17) is 33.2 Å². The highest BCUT2D eigenvalue weighted by Crippen LogP contribution is 2.31. The first-order chi connectivity index (χ1) is 36.7. The molecule has 444 valence electrons. The number of ether oxygens (including phenoxy) is 7. The Morgan fingerprint density at radius 2 is 0.697 bits per heavy atom. The third-order valence-electron chi connectivity index (χ3n) is 14.4. The quantitative estimate of drug-likeness (QED) is 0.0319. The van der Waals surface area contributed by atoms with Crippen molar-refractivity contribution in [1.29, 1.82) is 0 Å². The molecule has 15 heteroatoms. The Hall–Kier alpha value is -3.30. The van der Waals surface area contributed by atoms with E-state index in [1.54, 1.807) is 0 Å². The minimum absolute atomic E-state index is 0.0718. The third-order valence-corrected chi connectivity index (χ3v) is 14.4. The van der Waals surface area contributed by atoms with Crippen LogP contribution in [0.25, 0.3) is 0 Å². The highest BCUT2D eigenvalue weighted by molar-refractivity contribution is 5.72. The summed E-state index contributed by atoms with van der Waals surface area (Å²) in [5.74, 6) is -1.20. The first kappa shape index (κ1) is 70.7. The SMILES string of the molecule is CCCCCC(CCCCC)CCOC(=O)CCCCCCCC(=O)OC1[C@H](OC(=O)CCCN(C)C)O[C@H](COC(=O)CCCN(C)C)[C@@H]1OC(=O)CCCCCCCC(=O)OCCC(CCCCC)CCCCC. The maximum absolute atomic E-state index is 13.5. The molecule has 1 aliphatic rings. The first-order valence-corrected chi connectivity index (χ1v) is 30.7. The van der Waals surface area contributed by atoms with Crippen molar-refractivity contribution in [2.24, 2.45) is 11.8 Å². The van der Waals surface area contributed by atoms with Crippen LogP contribution in [-0.2, 0) is 61.9 Å². The number of esters is 6. The predicted octanol–water partition coefficient (Wildman–Crippen LogP) is 13.2. The van der Waals surface area contributed by atoms with Gasteiger partial charge in [0.1, 0.15) is 12.7 Å². The zero-order valence-corrected chi connectivity index (χ0v) is 49.7. The lowest BCUT2D eigenvalue weighted by Gasteiger charge is -2.24. The van der Waals surface area contributed by atoms with E-state index in [2.05, 4.69) is 27.7 Å². The lowest BCUT2D eigenvalue weighted by Crippen LogP contribution is -2.42. The fourth-order valence-electron chi connectivity index (χ4n) is 9.68. The summed E-state index contributed by atoms with van der Waals surface area (Å²) in [5.41, 5.74) is 0. The van der Waals surface area contributed by atoms with Gasteiger partial charge in [-0.1, -0.05) is 169 Å². The maximum Gasteiger partial charge on any atom is 0.308 e. The number of unbranched alkanes of at least 4 members (excludes halogenated alkanes) is 16. The van der Waals surface area contributed by atoms with E-state index < -0.39 is 48.5 Å². The average Bonchev–Trinajstić information content (AvgIpc) is 3.67. The maximum atomic E-state index is 13.5. The molecule has 1 unspecified atom stereocenters. The number of hydrogen-bond donors (Lipinski definition) is 0. The van der Waals surface area contributed by atoms with Crippen LogP contribution < -0.4 is 0 Å². The third kappa shape index (κ3) is 39.1. The molecule has 1 fully saturated rings. The molecule has 0 amide bonds. The van der Waals surface area contributed by atoms with E-state index in [1.807, 2.05) is 38.0 Å². The van der Waals surface area contributed by atoms with Crippen LogP contribution in [0.2, 0.25) is 0 Å². The minimum Gasteiger partial charge on any atom is -0.466 e. The lowest BCUT2D eigenvalue weighted by atomic mass is 9.92. The van der Waals surface area contributed by atoms with Gasteiger partial charge in [-0.2, -0.15) is 0 Å². The summed E-state index contributed by atoms with van der Waals surface area (Å²) < 4.78 is 40.7. The van der Waals surface area contributed by atoms with Crippen molar-refractivity contribution in [1.82, 2.24) is 9.80 Å². The summed E-state index contributed by atoms with van der Waals surface area (Å²) >= 11 is 0. The van der Waals surface area contributed by atoms with Gasteiger partial charge in [-0.3, -0.25) is 28.8 Å². The lowest BCUT2D eigenvalue weighted by molar-refractivity contribution is -0.200. The highest BCUT2D eigenvalue weighted by atomic mass is 16.8. The van der Waals surface area contributed by atoms with E-state index in [-0.39, 0.29) is 44.2 Å². The van der Waals surface area contributed by atoms with Crippen LogP contribution >= 0.6 is 0 Å². The Balaban J connectivity index is 2.82. The van der Waals surface area contributed by atoms with Crippen molar-refractivity contribution in [2.45, 2.75) is 283 Å². The summed E-state index contributed by atoms with van der Waals surface area (Å²) in [4.78, 5) is 81.9. The topological polar surface area (TPSA) is 174 Å². The van der Waals surface area contributed by atoms with E-state index in [1.165, 1.54) is 103 Å². The second-order valence-electron chi connectivity index (χ2n) is 22.2. The molecule has 0 aliphatic carbocycles. The molecule has 15 nitrogen and oxygen atoms in total. The molecule has 0 radical (unpaired) electrons. The van der Waals surface area contributed by atoms with Gasteiger partial charge in [0.15, 0.2) is 6.10 Å². The van der Waals surface area contributed by atoms with Gasteiger partial charge in [0.05, 0.1) is 13.2 Å². The van der Waals surface area contributed by atoms with Crippen LogP contribution in [0.5, 0.6) is 0 Å². The smallest absolute Gasteiger partial charge is 0.308 e. The Kier molecular flexibility index (Phi) is 44.4. The molecule has 1 aliphatic heterocycles. The number of hydrogen-bond acceptors (Lipinski definition) is 15. The Morgan fingerprint density at radius 3 is 1.09 bits per heavy atom. The Labute approximate surface area is 462 Å². The van der Waals surface area contributed by atoms with Crippen molar-refractivity contribution in [2.75, 3.05) is 61.1 Å². The molecule has 76 heavy (non-hydrogen) atoms. The Bertz CT molecular complexity index is 1470. The van der Waals surface area contributed by atoms with Crippen molar-refractivity contribution >= 4 is 35.8 Å². The van der Waals surface area contributed by atoms with Gasteiger partial charge in [-0.25, -0.2) is 0 Å². The van der Waals surface area contributed by atoms with Crippen LogP contribution in [-0.4, -0.2) is 131 Å². The number of nitrogens with zero attached hydrogens (tertiary/aromatic N) is 2. The second kappa shape index (κ2) is 47.7. The van der Waals surface area contributed by atoms with Crippen molar-refractivity contribution < 1.29 is 61.9 Å². The van der Waals surface area contributed by atoms with E-state index >= 15 is 0 Å². The van der Waals surface area contributed by atoms with Crippen LogP contribution in [0.3, 0.4) is 0 Å². The second-order valence-corrected chi connectivity index (χ2v) is 22.2. The van der Waals surface area contributed by atoms with Gasteiger partial charge < -0.3 is 43.0 Å². The van der Waals surface area contributed by atoms with Gasteiger partial charge in [0.2, 0.25) is 12.4 Å². The molecule has 1 saturated heterocycles. The average molecular weight is 1080 g/mol. The van der Waals surface area contributed by atoms with Gasteiger partial charge in [-0.15, -0.1) is 0 Å². The van der Waals surface area contributed by atoms with Crippen LogP contribution in [0.15, 0.2) is 0 Å². The van der Waals surface area contributed by atoms with Crippen LogP contribution in [0.4, 0.5) is 0 Å². The summed E-state index contributed by atoms with van der Waals surface area (Å²) in [6.45, 7) is 10.9. The van der Waals surface area contributed by atoms with Crippen LogP contribution in [0, 0.1) is 11.8 Å². The van der Waals surface area contributed by atoms with Gasteiger partial charge in [-0.05, 0) is 104 Å². The van der Waals surface area contributed by atoms with Crippen molar-refractivity contribution in [3.63, 3.8) is 0 Å².